The highest BCUT2D eigenvalue weighted by molar-refractivity contribution is 6.15. The molecular weight excluding hydrogens is 901 g/mol. The maximum atomic E-state index is 10.9. The molecule has 0 amide bonds. The van der Waals surface area contributed by atoms with Crippen LogP contribution in [0.4, 0.5) is 5.69 Å². The molecular formula is C68H40N6. The van der Waals surface area contributed by atoms with E-state index in [0.29, 0.717) is 16.9 Å². The van der Waals surface area contributed by atoms with Crippen molar-refractivity contribution in [2.45, 2.75) is 0 Å². The lowest BCUT2D eigenvalue weighted by molar-refractivity contribution is 1.13. The van der Waals surface area contributed by atoms with E-state index in [1.807, 2.05) is 0 Å². The van der Waals surface area contributed by atoms with Crippen LogP contribution in [0.3, 0.4) is 0 Å². The summed E-state index contributed by atoms with van der Waals surface area (Å²) in [4.78, 5) is 4.11. The van der Waals surface area contributed by atoms with E-state index in [2.05, 4.69) is 266 Å². The fraction of sp³-hybridized carbons (Fsp3) is 0. The molecule has 0 aliphatic heterocycles. The summed E-state index contributed by atoms with van der Waals surface area (Å²) in [5.41, 5.74) is 17.6. The van der Waals surface area contributed by atoms with Gasteiger partial charge in [-0.1, -0.05) is 133 Å². The average Bonchev–Trinajstić information content (AvgIpc) is 4.20. The van der Waals surface area contributed by atoms with Crippen molar-refractivity contribution >= 4 is 92.9 Å². The Labute approximate surface area is 425 Å². The molecule has 4 heterocycles. The molecule has 6 nitrogen and oxygen atoms in total. The van der Waals surface area contributed by atoms with Crippen LogP contribution in [0.25, 0.3) is 137 Å². The Bertz CT molecular complexity index is 4610. The highest BCUT2D eigenvalue weighted by atomic mass is 15.0. The fourth-order valence-corrected chi connectivity index (χ4v) is 11.9. The van der Waals surface area contributed by atoms with Gasteiger partial charge < -0.3 is 18.3 Å². The predicted octanol–water partition coefficient (Wildman–Crippen LogP) is 17.8. The van der Waals surface area contributed by atoms with Crippen LogP contribution in [-0.2, 0) is 0 Å². The minimum Gasteiger partial charge on any atom is -0.319 e. The summed E-state index contributed by atoms with van der Waals surface area (Å²) in [5.74, 6) is 0. The van der Waals surface area contributed by atoms with Crippen LogP contribution in [-0.4, -0.2) is 18.3 Å². The van der Waals surface area contributed by atoms with E-state index in [0.717, 1.165) is 94.0 Å². The van der Waals surface area contributed by atoms with Gasteiger partial charge in [-0.25, -0.2) is 4.85 Å². The van der Waals surface area contributed by atoms with Gasteiger partial charge in [0.15, 0.2) is 0 Å². The van der Waals surface area contributed by atoms with E-state index in [9.17, 15) is 5.26 Å². The van der Waals surface area contributed by atoms with Crippen molar-refractivity contribution in [1.82, 2.24) is 18.3 Å². The monoisotopic (exact) mass is 940 g/mol. The average molecular weight is 941 g/mol. The van der Waals surface area contributed by atoms with Crippen molar-refractivity contribution in [3.05, 3.63) is 260 Å². The number of para-hydroxylation sites is 6. The van der Waals surface area contributed by atoms with Gasteiger partial charge in [-0.3, -0.25) is 0 Å². The molecule has 0 aliphatic carbocycles. The Kier molecular flexibility index (Phi) is 8.99. The number of aromatic nitrogens is 4. The first-order valence-electron chi connectivity index (χ1n) is 24.8. The van der Waals surface area contributed by atoms with Crippen molar-refractivity contribution in [3.63, 3.8) is 0 Å². The summed E-state index contributed by atoms with van der Waals surface area (Å²) >= 11 is 0. The second-order valence-corrected chi connectivity index (χ2v) is 19.1. The zero-order chi connectivity index (χ0) is 49.0. The molecule has 0 atom stereocenters. The number of hydrogen-bond donors (Lipinski definition) is 0. The van der Waals surface area contributed by atoms with Gasteiger partial charge in [-0.05, 0) is 131 Å². The second-order valence-electron chi connectivity index (χ2n) is 19.1. The van der Waals surface area contributed by atoms with Crippen molar-refractivity contribution in [2.24, 2.45) is 0 Å². The third kappa shape index (κ3) is 6.04. The summed E-state index contributed by atoms with van der Waals surface area (Å²) in [6, 6.07) is 88.4. The van der Waals surface area contributed by atoms with Crippen LogP contribution >= 0.6 is 0 Å². The molecule has 15 rings (SSSR count). The summed E-state index contributed by atoms with van der Waals surface area (Å²) in [6.07, 6.45) is 0. The molecule has 0 aliphatic rings. The predicted molar refractivity (Wildman–Crippen MR) is 306 cm³/mol. The normalized spacial score (nSPS) is 11.8. The molecule has 74 heavy (non-hydrogen) atoms. The Morgan fingerprint density at radius 3 is 0.973 bits per heavy atom. The first-order valence-corrected chi connectivity index (χ1v) is 24.8. The summed E-state index contributed by atoms with van der Waals surface area (Å²) in [5, 5.41) is 20.1. The first-order chi connectivity index (χ1) is 36.6. The molecule has 0 saturated carbocycles. The molecule has 342 valence electrons. The van der Waals surface area contributed by atoms with Gasteiger partial charge in [0.1, 0.15) is 0 Å². The third-order valence-corrected chi connectivity index (χ3v) is 15.2. The number of hydrogen-bond acceptors (Lipinski definition) is 1. The largest absolute Gasteiger partial charge is 0.319 e. The van der Waals surface area contributed by atoms with Crippen LogP contribution in [0.1, 0.15) is 5.56 Å². The van der Waals surface area contributed by atoms with Crippen molar-refractivity contribution in [1.29, 1.82) is 5.26 Å². The summed E-state index contributed by atoms with van der Waals surface area (Å²) in [6.45, 7) is 8.55. The highest BCUT2D eigenvalue weighted by Gasteiger charge is 2.23. The second kappa shape index (κ2) is 16.1. The van der Waals surface area contributed by atoms with Gasteiger partial charge in [0, 0.05) is 54.5 Å². The standard InChI is InChI=1S/C68H40N6/c1-70-58-40-47(42-69)67(73-61-26-14-10-22-52(61)56-38-45(30-34-65(56)73)43-28-32-63-54(36-43)50-20-8-12-24-59(50)71(63)48-16-4-2-5-17-48)41-68(58)74-62-27-15-11-23-53(62)57-39-46(31-35-66(57)74)44-29-33-64-55(37-44)51-21-9-13-25-60(51)72(64)49-18-6-3-7-19-49/h2-41H. The Balaban J connectivity index is 0.886. The van der Waals surface area contributed by atoms with Crippen molar-refractivity contribution in [2.75, 3.05) is 0 Å². The molecule has 11 aromatic carbocycles. The van der Waals surface area contributed by atoms with Gasteiger partial charge in [0.25, 0.3) is 0 Å². The maximum Gasteiger partial charge on any atom is 0.212 e. The zero-order valence-electron chi connectivity index (χ0n) is 39.8. The van der Waals surface area contributed by atoms with E-state index in [1.165, 1.54) is 32.6 Å². The van der Waals surface area contributed by atoms with E-state index < -0.39 is 0 Å². The molecule has 0 saturated heterocycles. The summed E-state index contributed by atoms with van der Waals surface area (Å²) < 4.78 is 9.10. The Morgan fingerprint density at radius 1 is 0.297 bits per heavy atom. The quantitative estimate of drug-likeness (QED) is 0.153. The number of benzene rings is 11. The Morgan fingerprint density at radius 2 is 0.608 bits per heavy atom. The van der Waals surface area contributed by atoms with Gasteiger partial charge in [-0.2, -0.15) is 5.26 Å². The minimum atomic E-state index is 0.407. The van der Waals surface area contributed by atoms with Gasteiger partial charge >= 0.3 is 0 Å². The van der Waals surface area contributed by atoms with Crippen LogP contribution in [0.5, 0.6) is 0 Å². The molecule has 0 unspecified atom stereocenters. The minimum absolute atomic E-state index is 0.407. The molecule has 0 bridgehead atoms. The summed E-state index contributed by atoms with van der Waals surface area (Å²) in [7, 11) is 0. The highest BCUT2D eigenvalue weighted by Crippen LogP contribution is 2.44. The molecule has 15 aromatic rings. The number of nitriles is 1. The van der Waals surface area contributed by atoms with Gasteiger partial charge in [0.05, 0.1) is 73.7 Å². The van der Waals surface area contributed by atoms with Crippen molar-refractivity contribution in [3.8, 4) is 51.1 Å². The Hall–Kier alpha value is -10.4. The van der Waals surface area contributed by atoms with Gasteiger partial charge in [0.2, 0.25) is 5.69 Å². The number of nitrogens with zero attached hydrogens (tertiary/aromatic N) is 6. The first kappa shape index (κ1) is 41.4. The van der Waals surface area contributed by atoms with Crippen LogP contribution in [0.15, 0.2) is 243 Å². The van der Waals surface area contributed by atoms with Crippen LogP contribution in [0, 0.1) is 17.9 Å². The van der Waals surface area contributed by atoms with E-state index in [1.54, 1.807) is 6.07 Å². The number of rotatable bonds is 6. The molecule has 0 radical (unpaired) electrons. The third-order valence-electron chi connectivity index (χ3n) is 15.2. The smallest absolute Gasteiger partial charge is 0.212 e. The lowest BCUT2D eigenvalue weighted by atomic mass is 10.0. The maximum absolute atomic E-state index is 10.9. The fourth-order valence-electron chi connectivity index (χ4n) is 11.9. The SMILES string of the molecule is [C-]#[N+]c1cc(C#N)c(-n2c3ccccc3c3cc(-c4ccc5c(c4)c4ccccc4n5-c4ccccc4)ccc32)cc1-n1c2ccccc2c2cc(-c3ccc4c(c3)c3ccccc3n4-c3ccccc3)ccc21. The zero-order valence-corrected chi connectivity index (χ0v) is 39.8. The van der Waals surface area contributed by atoms with Crippen LogP contribution in [0.2, 0.25) is 0 Å². The molecule has 6 heteroatoms. The van der Waals surface area contributed by atoms with E-state index in [-0.39, 0.29) is 0 Å². The lowest BCUT2D eigenvalue weighted by Crippen LogP contribution is -2.02. The topological polar surface area (TPSA) is 47.9 Å². The lowest BCUT2D eigenvalue weighted by Gasteiger charge is -2.16. The molecule has 4 aromatic heterocycles. The molecule has 0 fully saturated rings. The van der Waals surface area contributed by atoms with E-state index in [4.69, 9.17) is 6.57 Å². The molecule has 0 spiro atoms. The number of fused-ring (bicyclic) bond motifs is 12. The van der Waals surface area contributed by atoms with Crippen LogP contribution < -0.4 is 0 Å². The van der Waals surface area contributed by atoms with Gasteiger partial charge in [-0.15, -0.1) is 0 Å². The van der Waals surface area contributed by atoms with E-state index >= 15 is 0 Å². The molecule has 0 N–H and O–H groups in total. The van der Waals surface area contributed by atoms with Crippen molar-refractivity contribution < 1.29 is 0 Å².